The lowest BCUT2D eigenvalue weighted by Gasteiger charge is -2.31. The Morgan fingerprint density at radius 3 is 1.73 bits per heavy atom. The monoisotopic (exact) mass is 232 g/mol. The highest BCUT2D eigenvalue weighted by molar-refractivity contribution is 6.66. The largest absolute Gasteiger partial charge is 0.392 e. The van der Waals surface area contributed by atoms with Crippen LogP contribution in [0.5, 0.6) is 0 Å². The Hall–Kier alpha value is 0.137. The van der Waals surface area contributed by atoms with E-state index in [1.165, 1.54) is 19.3 Å². The van der Waals surface area contributed by atoms with Gasteiger partial charge in [-0.05, 0) is 40.3 Å². The molecular formula is C12H28O2Si. The van der Waals surface area contributed by atoms with E-state index in [9.17, 15) is 0 Å². The molecule has 2 nitrogen and oxygen atoms in total. The van der Waals surface area contributed by atoms with E-state index in [-0.39, 0.29) is 12.2 Å². The zero-order valence-electron chi connectivity index (χ0n) is 11.3. The van der Waals surface area contributed by atoms with E-state index in [2.05, 4.69) is 41.2 Å². The Kier molecular flexibility index (Phi) is 7.48. The van der Waals surface area contributed by atoms with Crippen molar-refractivity contribution in [2.24, 2.45) is 0 Å². The quantitative estimate of drug-likeness (QED) is 0.463. The zero-order chi connectivity index (χ0) is 11.9. The number of hydrogen-bond acceptors (Lipinski definition) is 2. The van der Waals surface area contributed by atoms with Crippen LogP contribution in [-0.2, 0) is 8.85 Å². The van der Waals surface area contributed by atoms with E-state index in [1.54, 1.807) is 0 Å². The van der Waals surface area contributed by atoms with Gasteiger partial charge in [0.25, 0.3) is 0 Å². The van der Waals surface area contributed by atoms with Gasteiger partial charge in [0.2, 0.25) is 0 Å². The second-order valence-electron chi connectivity index (χ2n) is 4.92. The van der Waals surface area contributed by atoms with Crippen molar-refractivity contribution in [3.8, 4) is 0 Å². The van der Waals surface area contributed by atoms with Gasteiger partial charge < -0.3 is 8.85 Å². The number of hydrogen-bond donors (Lipinski definition) is 0. The smallest absolute Gasteiger partial charge is 0.335 e. The second-order valence-corrected chi connectivity index (χ2v) is 8.16. The molecule has 0 aliphatic heterocycles. The van der Waals surface area contributed by atoms with Crippen LogP contribution in [0.3, 0.4) is 0 Å². The molecule has 0 spiro atoms. The van der Waals surface area contributed by atoms with Crippen molar-refractivity contribution in [1.82, 2.24) is 0 Å². The summed E-state index contributed by atoms with van der Waals surface area (Å²) in [4.78, 5) is 0. The molecule has 0 saturated carbocycles. The first-order valence-electron chi connectivity index (χ1n) is 6.25. The lowest BCUT2D eigenvalue weighted by Crippen LogP contribution is -2.42. The van der Waals surface area contributed by atoms with Crippen molar-refractivity contribution in [3.05, 3.63) is 0 Å². The highest BCUT2D eigenvalue weighted by Gasteiger charge is 2.32. The Balaban J connectivity index is 4.14. The third-order valence-electron chi connectivity index (χ3n) is 2.20. The summed E-state index contributed by atoms with van der Waals surface area (Å²) >= 11 is 0. The van der Waals surface area contributed by atoms with Crippen LogP contribution in [0.4, 0.5) is 0 Å². The van der Waals surface area contributed by atoms with E-state index < -0.39 is 8.56 Å². The minimum Gasteiger partial charge on any atom is -0.392 e. The van der Waals surface area contributed by atoms with Crippen molar-refractivity contribution in [2.75, 3.05) is 0 Å². The Morgan fingerprint density at radius 2 is 1.40 bits per heavy atom. The molecule has 92 valence electrons. The van der Waals surface area contributed by atoms with Crippen LogP contribution in [0.25, 0.3) is 0 Å². The van der Waals surface area contributed by atoms with Crippen LogP contribution in [0, 0.1) is 0 Å². The highest BCUT2D eigenvalue weighted by atomic mass is 28.4. The molecule has 3 heteroatoms. The first-order chi connectivity index (χ1) is 6.89. The van der Waals surface area contributed by atoms with Gasteiger partial charge in [0.1, 0.15) is 0 Å². The molecule has 0 N–H and O–H groups in total. The third kappa shape index (κ3) is 8.00. The van der Waals surface area contributed by atoms with E-state index in [0.29, 0.717) is 0 Å². The van der Waals surface area contributed by atoms with Crippen LogP contribution in [0.2, 0.25) is 12.6 Å². The molecule has 0 fully saturated rings. The zero-order valence-corrected chi connectivity index (χ0v) is 12.3. The van der Waals surface area contributed by atoms with E-state index >= 15 is 0 Å². The maximum Gasteiger partial charge on any atom is 0.335 e. The molecule has 0 aromatic rings. The van der Waals surface area contributed by atoms with Crippen LogP contribution < -0.4 is 0 Å². The van der Waals surface area contributed by atoms with Gasteiger partial charge in [0.15, 0.2) is 0 Å². The molecule has 0 heterocycles. The van der Waals surface area contributed by atoms with Gasteiger partial charge in [-0.3, -0.25) is 0 Å². The molecule has 0 aliphatic carbocycles. The average molecular weight is 232 g/mol. The molecule has 0 aromatic carbocycles. The van der Waals surface area contributed by atoms with Gasteiger partial charge in [-0.1, -0.05) is 26.2 Å². The predicted octanol–water partition coefficient (Wildman–Crippen LogP) is 4.10. The summed E-state index contributed by atoms with van der Waals surface area (Å²) in [6.45, 7) is 12.8. The van der Waals surface area contributed by atoms with Crippen LogP contribution in [-0.4, -0.2) is 20.8 Å². The Morgan fingerprint density at radius 1 is 0.933 bits per heavy atom. The van der Waals surface area contributed by atoms with Gasteiger partial charge in [0.05, 0.1) is 0 Å². The maximum absolute atomic E-state index is 6.01. The first-order valence-corrected chi connectivity index (χ1v) is 8.77. The highest BCUT2D eigenvalue weighted by Crippen LogP contribution is 2.21. The lowest BCUT2D eigenvalue weighted by molar-refractivity contribution is 0.109. The van der Waals surface area contributed by atoms with Gasteiger partial charge in [-0.2, -0.15) is 0 Å². The van der Waals surface area contributed by atoms with Crippen molar-refractivity contribution in [2.45, 2.75) is 78.7 Å². The SMILES string of the molecule is CCCCC[Si](C)(OC(C)C)OC(C)C. The van der Waals surface area contributed by atoms with Crippen molar-refractivity contribution >= 4 is 8.56 Å². The summed E-state index contributed by atoms with van der Waals surface area (Å²) in [5.41, 5.74) is 0. The summed E-state index contributed by atoms with van der Waals surface area (Å²) < 4.78 is 12.0. The molecule has 15 heavy (non-hydrogen) atoms. The fraction of sp³-hybridized carbons (Fsp3) is 1.00. The molecule has 0 aromatic heterocycles. The van der Waals surface area contributed by atoms with Gasteiger partial charge in [0, 0.05) is 12.2 Å². The fourth-order valence-electron chi connectivity index (χ4n) is 1.84. The first kappa shape index (κ1) is 15.1. The number of rotatable bonds is 8. The molecule has 0 amide bonds. The van der Waals surface area contributed by atoms with E-state index in [1.807, 2.05) is 0 Å². The summed E-state index contributed by atoms with van der Waals surface area (Å²) in [6, 6.07) is 1.12. The van der Waals surface area contributed by atoms with Crippen LogP contribution >= 0.6 is 0 Å². The van der Waals surface area contributed by atoms with E-state index in [0.717, 1.165) is 6.04 Å². The van der Waals surface area contributed by atoms with Crippen LogP contribution in [0.1, 0.15) is 53.9 Å². The summed E-state index contributed by atoms with van der Waals surface area (Å²) in [7, 11) is -1.91. The van der Waals surface area contributed by atoms with Crippen molar-refractivity contribution in [3.63, 3.8) is 0 Å². The molecule has 0 bridgehead atoms. The van der Waals surface area contributed by atoms with Gasteiger partial charge in [-0.25, -0.2) is 0 Å². The van der Waals surface area contributed by atoms with E-state index in [4.69, 9.17) is 8.85 Å². The summed E-state index contributed by atoms with van der Waals surface area (Å²) in [5, 5.41) is 0. The third-order valence-corrected chi connectivity index (χ3v) is 5.41. The van der Waals surface area contributed by atoms with Crippen molar-refractivity contribution < 1.29 is 8.85 Å². The molecule has 0 saturated heterocycles. The lowest BCUT2D eigenvalue weighted by atomic mass is 10.3. The van der Waals surface area contributed by atoms with Crippen molar-refractivity contribution in [1.29, 1.82) is 0 Å². The predicted molar refractivity (Wildman–Crippen MR) is 68.4 cm³/mol. The molecular weight excluding hydrogens is 204 g/mol. The average Bonchev–Trinajstić information content (AvgIpc) is 2.00. The second kappa shape index (κ2) is 7.42. The number of unbranched alkanes of at least 4 members (excludes halogenated alkanes) is 2. The maximum atomic E-state index is 6.01. The molecule has 0 rings (SSSR count). The molecule has 0 radical (unpaired) electrons. The normalized spacial score (nSPS) is 12.8. The molecule has 0 atom stereocenters. The fourth-order valence-corrected chi connectivity index (χ4v) is 5.02. The van der Waals surface area contributed by atoms with Gasteiger partial charge in [-0.15, -0.1) is 0 Å². The minimum atomic E-state index is -1.91. The summed E-state index contributed by atoms with van der Waals surface area (Å²) in [5.74, 6) is 0. The molecule has 0 unspecified atom stereocenters. The summed E-state index contributed by atoms with van der Waals surface area (Å²) in [6.07, 6.45) is 4.34. The minimum absolute atomic E-state index is 0.280. The Labute approximate surface area is 96.6 Å². The standard InChI is InChI=1S/C12H28O2Si/c1-7-8-9-10-15(6,13-11(2)3)14-12(4)5/h11-12H,7-10H2,1-6H3. The topological polar surface area (TPSA) is 18.5 Å². The Bertz CT molecular complexity index is 148. The van der Waals surface area contributed by atoms with Crippen LogP contribution in [0.15, 0.2) is 0 Å². The molecule has 0 aliphatic rings. The van der Waals surface area contributed by atoms with Gasteiger partial charge >= 0.3 is 8.56 Å².